The summed E-state index contributed by atoms with van der Waals surface area (Å²) in [6, 6.07) is 5.91. The number of nitrogens with one attached hydrogen (secondary N) is 1. The Labute approximate surface area is 115 Å². The Morgan fingerprint density at radius 1 is 1.29 bits per heavy atom. The molecule has 17 heavy (non-hydrogen) atoms. The predicted molar refractivity (Wildman–Crippen MR) is 76.5 cm³/mol. The molecule has 98 valence electrons. The van der Waals surface area contributed by atoms with E-state index in [0.29, 0.717) is 11.6 Å². The Kier molecular flexibility index (Phi) is 6.91. The van der Waals surface area contributed by atoms with Crippen LogP contribution in [0, 0.1) is 0 Å². The fraction of sp³-hybridized carbons (Fsp3) is 0.538. The fourth-order valence-corrected chi connectivity index (χ4v) is 1.55. The van der Waals surface area contributed by atoms with E-state index in [1.54, 1.807) is 0 Å². The fourth-order valence-electron chi connectivity index (χ4n) is 1.29. The second kappa shape index (κ2) is 7.10. The Bertz CT molecular complexity index is 348. The van der Waals surface area contributed by atoms with Crippen LogP contribution in [0.2, 0.25) is 5.02 Å². The van der Waals surface area contributed by atoms with Gasteiger partial charge in [0.25, 0.3) is 0 Å². The van der Waals surface area contributed by atoms with Gasteiger partial charge in [-0.3, -0.25) is 0 Å². The monoisotopic (exact) mass is 277 g/mol. The number of hydrogen-bond donors (Lipinski definition) is 1. The second-order valence-electron chi connectivity index (χ2n) is 4.80. The van der Waals surface area contributed by atoms with Gasteiger partial charge in [-0.25, -0.2) is 0 Å². The summed E-state index contributed by atoms with van der Waals surface area (Å²) in [5, 5.41) is 4.09. The van der Waals surface area contributed by atoms with Gasteiger partial charge in [-0.15, -0.1) is 12.4 Å². The number of benzene rings is 1. The molecule has 0 saturated carbocycles. The number of halogens is 2. The smallest absolute Gasteiger partial charge is 0.137 e. The van der Waals surface area contributed by atoms with E-state index in [2.05, 4.69) is 26.1 Å². The van der Waals surface area contributed by atoms with E-state index in [1.807, 2.05) is 25.1 Å². The normalized spacial score (nSPS) is 10.9. The topological polar surface area (TPSA) is 21.3 Å². The van der Waals surface area contributed by atoms with Crippen LogP contribution in [0.4, 0.5) is 0 Å². The summed E-state index contributed by atoms with van der Waals surface area (Å²) in [7, 11) is 0. The highest BCUT2D eigenvalue weighted by Crippen LogP contribution is 2.25. The molecule has 0 saturated heterocycles. The molecular formula is C13H21Cl2NO. The van der Waals surface area contributed by atoms with Crippen molar-refractivity contribution >= 4 is 24.0 Å². The molecule has 0 unspecified atom stereocenters. The van der Waals surface area contributed by atoms with Crippen molar-refractivity contribution in [1.82, 2.24) is 5.32 Å². The van der Waals surface area contributed by atoms with Gasteiger partial charge >= 0.3 is 0 Å². The minimum Gasteiger partial charge on any atom is -0.492 e. The molecule has 1 aromatic carbocycles. The molecule has 4 heteroatoms. The average molecular weight is 278 g/mol. The van der Waals surface area contributed by atoms with Crippen LogP contribution >= 0.6 is 24.0 Å². The second-order valence-corrected chi connectivity index (χ2v) is 5.21. The summed E-state index contributed by atoms with van der Waals surface area (Å²) in [4.78, 5) is 0. The first-order chi connectivity index (χ1) is 7.42. The van der Waals surface area contributed by atoms with E-state index in [-0.39, 0.29) is 17.9 Å². The highest BCUT2D eigenvalue weighted by molar-refractivity contribution is 6.32. The third-order valence-electron chi connectivity index (χ3n) is 2.12. The Hall–Kier alpha value is -0.440. The summed E-state index contributed by atoms with van der Waals surface area (Å²) in [5.41, 5.74) is 1.29. The molecule has 1 aromatic rings. The lowest BCUT2D eigenvalue weighted by molar-refractivity contribution is 0.340. The van der Waals surface area contributed by atoms with E-state index in [1.165, 1.54) is 5.56 Å². The van der Waals surface area contributed by atoms with Gasteiger partial charge in [0.05, 0.1) is 11.6 Å². The third kappa shape index (κ3) is 6.16. The van der Waals surface area contributed by atoms with Crippen LogP contribution in [0.25, 0.3) is 0 Å². The highest BCUT2D eigenvalue weighted by atomic mass is 35.5. The number of rotatable bonds is 4. The summed E-state index contributed by atoms with van der Waals surface area (Å²) in [6.07, 6.45) is 0. The van der Waals surface area contributed by atoms with Crippen molar-refractivity contribution in [3.63, 3.8) is 0 Å². The van der Waals surface area contributed by atoms with Gasteiger partial charge < -0.3 is 10.1 Å². The molecule has 0 aromatic heterocycles. The maximum Gasteiger partial charge on any atom is 0.137 e. The minimum absolute atomic E-state index is 0. The van der Waals surface area contributed by atoms with E-state index in [9.17, 15) is 0 Å². The molecule has 0 radical (unpaired) electrons. The van der Waals surface area contributed by atoms with Crippen LogP contribution in [-0.2, 0) is 6.54 Å². The molecule has 0 aliphatic carbocycles. The number of ether oxygens (including phenoxy) is 1. The van der Waals surface area contributed by atoms with Crippen molar-refractivity contribution in [2.45, 2.75) is 39.8 Å². The van der Waals surface area contributed by atoms with Crippen LogP contribution in [0.3, 0.4) is 0 Å². The van der Waals surface area contributed by atoms with Crippen LogP contribution in [0.1, 0.15) is 33.3 Å². The first-order valence-corrected chi connectivity index (χ1v) is 5.96. The van der Waals surface area contributed by atoms with Gasteiger partial charge in [0, 0.05) is 12.1 Å². The predicted octanol–water partition coefficient (Wildman–Crippen LogP) is 4.05. The molecule has 0 aliphatic heterocycles. The Balaban J connectivity index is 0.00000256. The van der Waals surface area contributed by atoms with Gasteiger partial charge in [0.1, 0.15) is 5.75 Å². The van der Waals surface area contributed by atoms with Gasteiger partial charge in [-0.2, -0.15) is 0 Å². The molecule has 1 N–H and O–H groups in total. The lowest BCUT2D eigenvalue weighted by Gasteiger charge is -2.20. The zero-order valence-corrected chi connectivity index (χ0v) is 12.4. The van der Waals surface area contributed by atoms with E-state index >= 15 is 0 Å². The lowest BCUT2D eigenvalue weighted by Crippen LogP contribution is -2.35. The van der Waals surface area contributed by atoms with Crippen LogP contribution < -0.4 is 10.1 Å². The minimum atomic E-state index is 0. The molecule has 0 heterocycles. The van der Waals surface area contributed by atoms with Crippen molar-refractivity contribution in [3.8, 4) is 5.75 Å². The maximum atomic E-state index is 6.11. The lowest BCUT2D eigenvalue weighted by atomic mass is 10.1. The zero-order chi connectivity index (χ0) is 12.2. The molecule has 0 aliphatic rings. The molecule has 0 amide bonds. The number of hydrogen-bond acceptors (Lipinski definition) is 2. The van der Waals surface area contributed by atoms with Gasteiger partial charge in [0.15, 0.2) is 0 Å². The largest absolute Gasteiger partial charge is 0.492 e. The van der Waals surface area contributed by atoms with Crippen LogP contribution in [0.5, 0.6) is 5.75 Å². The Morgan fingerprint density at radius 2 is 1.94 bits per heavy atom. The molecule has 0 spiro atoms. The van der Waals surface area contributed by atoms with Crippen LogP contribution in [-0.4, -0.2) is 12.1 Å². The van der Waals surface area contributed by atoms with Gasteiger partial charge in [0.2, 0.25) is 0 Å². The van der Waals surface area contributed by atoms with Crippen molar-refractivity contribution < 1.29 is 4.74 Å². The summed E-state index contributed by atoms with van der Waals surface area (Å²) >= 11 is 6.11. The third-order valence-corrected chi connectivity index (χ3v) is 2.41. The zero-order valence-electron chi connectivity index (χ0n) is 10.8. The highest BCUT2D eigenvalue weighted by Gasteiger charge is 2.09. The molecular weight excluding hydrogens is 257 g/mol. The van der Waals surface area contributed by atoms with Crippen molar-refractivity contribution in [2.75, 3.05) is 6.61 Å². The van der Waals surface area contributed by atoms with Crippen LogP contribution in [0.15, 0.2) is 18.2 Å². The van der Waals surface area contributed by atoms with Crippen molar-refractivity contribution in [1.29, 1.82) is 0 Å². The first-order valence-electron chi connectivity index (χ1n) is 5.58. The molecule has 0 bridgehead atoms. The standard InChI is InChI=1S/C13H20ClNO.ClH/c1-5-16-12-7-6-10(8-11(12)14)9-15-13(2,3)4;/h6-8,15H,5,9H2,1-4H3;1H. The summed E-state index contributed by atoms with van der Waals surface area (Å²) < 4.78 is 5.38. The molecule has 0 atom stereocenters. The quantitative estimate of drug-likeness (QED) is 0.897. The first kappa shape index (κ1) is 16.6. The summed E-state index contributed by atoms with van der Waals surface area (Å²) in [6.45, 7) is 9.83. The SMILES string of the molecule is CCOc1ccc(CNC(C)(C)C)cc1Cl.Cl. The van der Waals surface area contributed by atoms with E-state index in [4.69, 9.17) is 16.3 Å². The molecule has 0 fully saturated rings. The Morgan fingerprint density at radius 3 is 2.41 bits per heavy atom. The summed E-state index contributed by atoms with van der Waals surface area (Å²) in [5.74, 6) is 0.753. The molecule has 2 nitrogen and oxygen atoms in total. The van der Waals surface area contributed by atoms with Crippen molar-refractivity contribution in [3.05, 3.63) is 28.8 Å². The van der Waals surface area contributed by atoms with E-state index < -0.39 is 0 Å². The van der Waals surface area contributed by atoms with Gasteiger partial charge in [-0.1, -0.05) is 17.7 Å². The van der Waals surface area contributed by atoms with Gasteiger partial charge in [-0.05, 0) is 45.4 Å². The van der Waals surface area contributed by atoms with Crippen molar-refractivity contribution in [2.24, 2.45) is 0 Å². The van der Waals surface area contributed by atoms with E-state index in [0.717, 1.165) is 12.3 Å². The molecule has 1 rings (SSSR count). The maximum absolute atomic E-state index is 6.11. The average Bonchev–Trinajstić information content (AvgIpc) is 2.18.